The molecule has 3 N–H and O–H groups in total. The number of aryl methyl sites for hydroxylation is 1. The topological polar surface area (TPSA) is 107 Å². The second-order valence-corrected chi connectivity index (χ2v) is 4.67. The predicted octanol–water partition coefficient (Wildman–Crippen LogP) is 0.960. The van der Waals surface area contributed by atoms with E-state index in [0.717, 1.165) is 0 Å². The first-order valence-corrected chi connectivity index (χ1v) is 5.85. The van der Waals surface area contributed by atoms with Gasteiger partial charge in [-0.25, -0.2) is 0 Å². The van der Waals surface area contributed by atoms with E-state index < -0.39 is 10.5 Å². The summed E-state index contributed by atoms with van der Waals surface area (Å²) < 4.78 is 5.11. The number of nitrogens with one attached hydrogen (secondary N) is 1. The van der Waals surface area contributed by atoms with Crippen LogP contribution in [0.4, 0.5) is 11.4 Å². The molecule has 0 saturated carbocycles. The number of amides is 1. The Morgan fingerprint density at radius 3 is 2.89 bits per heavy atom. The number of carbonyl (C=O) groups excluding carboxylic acids is 1. The molecule has 1 aromatic rings. The summed E-state index contributed by atoms with van der Waals surface area (Å²) in [6.45, 7) is 2.24. The zero-order valence-corrected chi connectivity index (χ0v) is 10.5. The van der Waals surface area contributed by atoms with Crippen LogP contribution in [0.5, 0.6) is 0 Å². The first-order valence-electron chi connectivity index (χ1n) is 5.85. The summed E-state index contributed by atoms with van der Waals surface area (Å²) in [4.78, 5) is 22.4. The Kier molecular flexibility index (Phi) is 3.50. The maximum atomic E-state index is 12.0. The van der Waals surface area contributed by atoms with E-state index in [1.54, 1.807) is 19.1 Å². The molecule has 102 valence electrons. The van der Waals surface area contributed by atoms with Crippen molar-refractivity contribution in [3.8, 4) is 0 Å². The van der Waals surface area contributed by atoms with E-state index in [-0.39, 0.29) is 18.2 Å². The Hall–Kier alpha value is -1.99. The molecule has 7 nitrogen and oxygen atoms in total. The zero-order chi connectivity index (χ0) is 14.0. The van der Waals surface area contributed by atoms with Crippen LogP contribution >= 0.6 is 0 Å². The van der Waals surface area contributed by atoms with Gasteiger partial charge in [0.25, 0.3) is 5.69 Å². The van der Waals surface area contributed by atoms with Gasteiger partial charge in [-0.2, -0.15) is 0 Å². The number of nitrogens with two attached hydrogens (primary N) is 1. The van der Waals surface area contributed by atoms with Crippen molar-refractivity contribution in [3.05, 3.63) is 33.9 Å². The van der Waals surface area contributed by atoms with Gasteiger partial charge in [0.1, 0.15) is 5.54 Å². The van der Waals surface area contributed by atoms with Gasteiger partial charge in [0.05, 0.1) is 11.5 Å². The molecule has 19 heavy (non-hydrogen) atoms. The van der Waals surface area contributed by atoms with Crippen molar-refractivity contribution < 1.29 is 14.5 Å². The van der Waals surface area contributed by atoms with Crippen molar-refractivity contribution >= 4 is 17.3 Å². The second kappa shape index (κ2) is 4.94. The molecule has 0 bridgehead atoms. The van der Waals surface area contributed by atoms with E-state index in [1.165, 1.54) is 6.07 Å². The molecule has 1 atom stereocenters. The molecule has 0 aromatic heterocycles. The summed E-state index contributed by atoms with van der Waals surface area (Å²) >= 11 is 0. The van der Waals surface area contributed by atoms with E-state index in [1.807, 2.05) is 0 Å². The van der Waals surface area contributed by atoms with Crippen LogP contribution in [0.15, 0.2) is 18.2 Å². The van der Waals surface area contributed by atoms with E-state index >= 15 is 0 Å². The number of rotatable bonds is 3. The summed E-state index contributed by atoms with van der Waals surface area (Å²) in [5.41, 5.74) is 5.71. The molecule has 1 unspecified atom stereocenters. The molecule has 7 heteroatoms. The molecular formula is C12H15N3O4. The van der Waals surface area contributed by atoms with Gasteiger partial charge in [-0.15, -0.1) is 0 Å². The first-order chi connectivity index (χ1) is 8.92. The van der Waals surface area contributed by atoms with Crippen LogP contribution < -0.4 is 11.1 Å². The quantitative estimate of drug-likeness (QED) is 0.625. The standard InChI is InChI=1S/C12H15N3O4/c1-8-2-3-9(6-10(8)15(17)18)14-11(16)12(13)4-5-19-7-12/h2-3,6H,4-5,7,13H2,1H3,(H,14,16). The summed E-state index contributed by atoms with van der Waals surface area (Å²) in [5, 5.41) is 13.4. The van der Waals surface area contributed by atoms with Crippen LogP contribution in [0.3, 0.4) is 0 Å². The highest BCUT2D eigenvalue weighted by Gasteiger charge is 2.38. The number of nitrogens with zero attached hydrogens (tertiary/aromatic N) is 1. The molecule has 1 heterocycles. The van der Waals surface area contributed by atoms with E-state index in [0.29, 0.717) is 24.3 Å². The Balaban J connectivity index is 2.17. The van der Waals surface area contributed by atoms with Gasteiger partial charge < -0.3 is 15.8 Å². The monoisotopic (exact) mass is 265 g/mol. The summed E-state index contributed by atoms with van der Waals surface area (Å²) in [6, 6.07) is 4.52. The molecule has 1 aliphatic heterocycles. The van der Waals surface area contributed by atoms with Gasteiger partial charge in [0.15, 0.2) is 0 Å². The lowest BCUT2D eigenvalue weighted by molar-refractivity contribution is -0.385. The Bertz CT molecular complexity index is 524. The Labute approximate surface area is 109 Å². The lowest BCUT2D eigenvalue weighted by atomic mass is 9.99. The third kappa shape index (κ3) is 2.72. The van der Waals surface area contributed by atoms with Crippen molar-refractivity contribution in [2.24, 2.45) is 5.73 Å². The van der Waals surface area contributed by atoms with Crippen LogP contribution in [0, 0.1) is 17.0 Å². The number of anilines is 1. The number of ether oxygens (including phenoxy) is 1. The number of nitro benzene ring substituents is 1. The van der Waals surface area contributed by atoms with Crippen LogP contribution in [0.25, 0.3) is 0 Å². The number of hydrogen-bond acceptors (Lipinski definition) is 5. The highest BCUT2D eigenvalue weighted by atomic mass is 16.6. The van der Waals surface area contributed by atoms with Crippen molar-refractivity contribution in [3.63, 3.8) is 0 Å². The van der Waals surface area contributed by atoms with Gasteiger partial charge in [0.2, 0.25) is 5.91 Å². The fourth-order valence-corrected chi connectivity index (χ4v) is 1.90. The lowest BCUT2D eigenvalue weighted by Gasteiger charge is -2.20. The third-order valence-electron chi connectivity index (χ3n) is 3.17. The highest BCUT2D eigenvalue weighted by Crippen LogP contribution is 2.24. The minimum Gasteiger partial charge on any atom is -0.379 e. The van der Waals surface area contributed by atoms with Gasteiger partial charge in [-0.05, 0) is 19.4 Å². The minimum atomic E-state index is -1.06. The van der Waals surface area contributed by atoms with E-state index in [2.05, 4.69) is 5.32 Å². The second-order valence-electron chi connectivity index (χ2n) is 4.67. The predicted molar refractivity (Wildman–Crippen MR) is 68.8 cm³/mol. The fraction of sp³-hybridized carbons (Fsp3) is 0.417. The van der Waals surface area contributed by atoms with Crippen molar-refractivity contribution in [2.75, 3.05) is 18.5 Å². The lowest BCUT2D eigenvalue weighted by Crippen LogP contribution is -2.51. The molecule has 1 fully saturated rings. The van der Waals surface area contributed by atoms with Crippen LogP contribution in [0.1, 0.15) is 12.0 Å². The highest BCUT2D eigenvalue weighted by molar-refractivity contribution is 5.98. The van der Waals surface area contributed by atoms with Crippen LogP contribution in [0.2, 0.25) is 0 Å². The average molecular weight is 265 g/mol. The minimum absolute atomic E-state index is 0.0356. The molecule has 0 spiro atoms. The van der Waals surface area contributed by atoms with Gasteiger partial charge in [-0.1, -0.05) is 6.07 Å². The van der Waals surface area contributed by atoms with Crippen molar-refractivity contribution in [1.82, 2.24) is 0 Å². The molecule has 1 aliphatic rings. The van der Waals surface area contributed by atoms with E-state index in [4.69, 9.17) is 10.5 Å². The number of hydrogen-bond donors (Lipinski definition) is 2. The molecular weight excluding hydrogens is 250 g/mol. The normalized spacial score (nSPS) is 22.2. The maximum absolute atomic E-state index is 12.0. The smallest absolute Gasteiger partial charge is 0.274 e. The number of benzene rings is 1. The molecule has 0 aliphatic carbocycles. The summed E-state index contributed by atoms with van der Waals surface area (Å²) in [5.74, 6) is -0.386. The molecule has 1 amide bonds. The van der Waals surface area contributed by atoms with Gasteiger partial charge >= 0.3 is 0 Å². The number of carbonyl (C=O) groups is 1. The number of nitro groups is 1. The molecule has 1 aromatic carbocycles. The summed E-state index contributed by atoms with van der Waals surface area (Å²) in [6.07, 6.45) is 0.437. The van der Waals surface area contributed by atoms with Gasteiger partial charge in [-0.3, -0.25) is 14.9 Å². The largest absolute Gasteiger partial charge is 0.379 e. The first kappa shape index (κ1) is 13.4. The summed E-state index contributed by atoms with van der Waals surface area (Å²) in [7, 11) is 0. The SMILES string of the molecule is Cc1ccc(NC(=O)C2(N)CCOC2)cc1[N+](=O)[O-]. The maximum Gasteiger partial charge on any atom is 0.274 e. The third-order valence-corrected chi connectivity index (χ3v) is 3.17. The van der Waals surface area contributed by atoms with Crippen LogP contribution in [-0.2, 0) is 9.53 Å². The zero-order valence-electron chi connectivity index (χ0n) is 10.5. The van der Waals surface area contributed by atoms with Gasteiger partial charge in [0, 0.05) is 23.9 Å². The molecule has 2 rings (SSSR count). The Morgan fingerprint density at radius 2 is 2.32 bits per heavy atom. The molecule has 1 saturated heterocycles. The van der Waals surface area contributed by atoms with E-state index in [9.17, 15) is 14.9 Å². The molecule has 0 radical (unpaired) electrons. The van der Waals surface area contributed by atoms with Crippen molar-refractivity contribution in [1.29, 1.82) is 0 Å². The average Bonchev–Trinajstić information content (AvgIpc) is 2.79. The fourth-order valence-electron chi connectivity index (χ4n) is 1.90. The Morgan fingerprint density at radius 1 is 1.58 bits per heavy atom. The van der Waals surface area contributed by atoms with Crippen LogP contribution in [-0.4, -0.2) is 29.6 Å². The van der Waals surface area contributed by atoms with Crippen molar-refractivity contribution in [2.45, 2.75) is 18.9 Å².